The number of aromatic hydroxyl groups is 1. The van der Waals surface area contributed by atoms with Gasteiger partial charge < -0.3 is 14.9 Å². The maximum atomic E-state index is 15.4. The molecule has 3 aromatic rings. The number of amides is 4. The molecule has 2 aliphatic carbocycles. The third kappa shape index (κ3) is 6.25. The molecule has 294 valence electrons. The van der Waals surface area contributed by atoms with Crippen LogP contribution in [0.5, 0.6) is 11.5 Å². The first-order valence-corrected chi connectivity index (χ1v) is 19.4. The topological polar surface area (TPSA) is 166 Å². The Morgan fingerprint density at radius 3 is 2.38 bits per heavy atom. The van der Waals surface area contributed by atoms with Gasteiger partial charge >= 0.3 is 12.1 Å². The molecule has 2 saturated heterocycles. The van der Waals surface area contributed by atoms with E-state index in [9.17, 15) is 42.6 Å². The highest BCUT2D eigenvalue weighted by Gasteiger charge is 2.70. The summed E-state index contributed by atoms with van der Waals surface area (Å²) in [7, 11) is 1.32. The van der Waals surface area contributed by atoms with Crippen LogP contribution in [0.25, 0.3) is 0 Å². The van der Waals surface area contributed by atoms with Gasteiger partial charge in [-0.3, -0.25) is 34.3 Å². The van der Waals surface area contributed by atoms with Crippen LogP contribution in [0.3, 0.4) is 0 Å². The zero-order chi connectivity index (χ0) is 40.6. The Kier molecular flexibility index (Phi) is 10.5. The van der Waals surface area contributed by atoms with E-state index in [-0.39, 0.29) is 52.7 Å². The molecule has 0 radical (unpaired) electrons. The number of nitrogens with zero attached hydrogens (tertiary/aromatic N) is 3. The summed E-state index contributed by atoms with van der Waals surface area (Å²) in [6.45, 7) is -0.121. The number of rotatable bonds is 9. The average Bonchev–Trinajstić information content (AvgIpc) is 3.52. The number of phenolic OH excluding ortho intramolecular Hbond substituents is 1. The fraction of sp³-hybridized carbons (Fsp3) is 0.351. The summed E-state index contributed by atoms with van der Waals surface area (Å²) in [6, 6.07) is 8.35. The molecule has 12 nitrogen and oxygen atoms in total. The maximum absolute atomic E-state index is 15.4. The predicted molar refractivity (Wildman–Crippen MR) is 201 cm³/mol. The van der Waals surface area contributed by atoms with Gasteiger partial charge in [-0.1, -0.05) is 47.0 Å². The number of halogens is 7. The van der Waals surface area contributed by atoms with Crippen molar-refractivity contribution < 1.29 is 52.1 Å². The standard InChI is InChI=1S/C37H29Br2Cl2F3N4O8/c1-56-24-13-21(28(38)29(39)30(24)51)27-18-8-9-19-26(34(54)47(32(19)52)10-2-3-25(49)50)20(18)12-22-33(53)48(35(55)36(22,27)15-4-6-17(40)7-5-15)46-31-23(41)11-16(14-45-31)37(42,43)44/h4-8,11,13-14,19-20,22,26-27,51H,2-3,9-10,12H2,1H3,(H,45,46)(H,49,50)/t19-,20+,22-,26-,27+,36+/m0/s1. The minimum absolute atomic E-state index is 0.00138. The number of hydrogen-bond donors (Lipinski definition) is 3. The Morgan fingerprint density at radius 2 is 1.75 bits per heavy atom. The van der Waals surface area contributed by atoms with Crippen LogP contribution in [-0.4, -0.2) is 68.4 Å². The van der Waals surface area contributed by atoms with Crippen LogP contribution in [0.2, 0.25) is 10.0 Å². The van der Waals surface area contributed by atoms with Crippen molar-refractivity contribution in [2.75, 3.05) is 19.1 Å². The SMILES string of the molecule is COc1cc([C@H]2C3=CC[C@@H]4C(=O)N(CCCC(=O)O)C(=O)[C@@H]4[C@@H]3C[C@H]3C(=O)N(Nc4ncc(C(F)(F)F)cc4Cl)C(=O)[C@@]23c2ccc(Cl)cc2)c(Br)c(Br)c1O. The number of aromatic nitrogens is 1. The van der Waals surface area contributed by atoms with Crippen LogP contribution in [0.15, 0.2) is 63.2 Å². The molecule has 6 atom stereocenters. The molecular formula is C37H29Br2Cl2F3N4O8. The molecule has 3 N–H and O–H groups in total. The van der Waals surface area contributed by atoms with Crippen LogP contribution < -0.4 is 10.2 Å². The van der Waals surface area contributed by atoms with Crippen molar-refractivity contribution in [3.8, 4) is 11.5 Å². The lowest BCUT2D eigenvalue weighted by molar-refractivity contribution is -0.142. The smallest absolute Gasteiger partial charge is 0.417 e. The molecule has 2 aromatic carbocycles. The lowest BCUT2D eigenvalue weighted by atomic mass is 9.49. The second-order valence-corrected chi connectivity index (χ2v) is 16.3. The predicted octanol–water partition coefficient (Wildman–Crippen LogP) is 7.50. The highest BCUT2D eigenvalue weighted by Crippen LogP contribution is 2.65. The molecule has 7 rings (SSSR count). The Morgan fingerprint density at radius 1 is 1.05 bits per heavy atom. The number of hydrogen-bond acceptors (Lipinski definition) is 9. The molecule has 0 unspecified atom stereocenters. The number of methoxy groups -OCH3 is 1. The monoisotopic (exact) mass is 942 g/mol. The molecule has 0 bridgehead atoms. The first-order chi connectivity index (χ1) is 26.4. The van der Waals surface area contributed by atoms with Gasteiger partial charge in [0, 0.05) is 34.6 Å². The van der Waals surface area contributed by atoms with Crippen LogP contribution in [-0.2, 0) is 35.6 Å². The second-order valence-electron chi connectivity index (χ2n) is 13.9. The third-order valence-electron chi connectivity index (χ3n) is 11.1. The van der Waals surface area contributed by atoms with Crippen LogP contribution >= 0.6 is 55.1 Å². The maximum Gasteiger partial charge on any atom is 0.417 e. The number of allylic oxidation sites excluding steroid dienone is 2. The Hall–Kier alpha value is -4.19. The van der Waals surface area contributed by atoms with Gasteiger partial charge in [0.2, 0.25) is 11.8 Å². The van der Waals surface area contributed by atoms with E-state index in [4.69, 9.17) is 27.9 Å². The number of fused-ring (bicyclic) bond motifs is 4. The molecular weight excluding hydrogens is 916 g/mol. The highest BCUT2D eigenvalue weighted by molar-refractivity contribution is 9.13. The highest BCUT2D eigenvalue weighted by atomic mass is 79.9. The van der Waals surface area contributed by atoms with Gasteiger partial charge in [-0.2, -0.15) is 18.2 Å². The fourth-order valence-corrected chi connectivity index (χ4v) is 10.1. The first-order valence-electron chi connectivity index (χ1n) is 17.1. The lowest BCUT2D eigenvalue weighted by Gasteiger charge is -2.51. The zero-order valence-corrected chi connectivity index (χ0v) is 33.6. The van der Waals surface area contributed by atoms with E-state index in [0.717, 1.165) is 4.90 Å². The summed E-state index contributed by atoms with van der Waals surface area (Å²) in [6.07, 6.45) is -2.77. The molecule has 4 amide bonds. The van der Waals surface area contributed by atoms with Crippen LogP contribution in [0.1, 0.15) is 48.3 Å². The van der Waals surface area contributed by atoms with Gasteiger partial charge in [0.1, 0.15) is 0 Å². The lowest BCUT2D eigenvalue weighted by Crippen LogP contribution is -2.53. The number of benzene rings is 2. The van der Waals surface area contributed by atoms with Gasteiger partial charge in [0.15, 0.2) is 17.3 Å². The van der Waals surface area contributed by atoms with E-state index in [1.807, 2.05) is 0 Å². The number of carboxylic acid groups (broad SMARTS) is 1. The van der Waals surface area contributed by atoms with E-state index in [1.165, 1.54) is 25.3 Å². The number of carbonyl (C=O) groups is 5. The summed E-state index contributed by atoms with van der Waals surface area (Å²) >= 11 is 19.6. The number of anilines is 1. The number of pyridine rings is 1. The van der Waals surface area contributed by atoms with Crippen LogP contribution in [0, 0.1) is 23.7 Å². The van der Waals surface area contributed by atoms with Crippen molar-refractivity contribution in [1.82, 2.24) is 14.9 Å². The number of alkyl halides is 3. The summed E-state index contributed by atoms with van der Waals surface area (Å²) in [4.78, 5) is 74.3. The number of ether oxygens (including phenoxy) is 1. The van der Waals surface area contributed by atoms with Crippen molar-refractivity contribution >= 4 is 90.5 Å². The van der Waals surface area contributed by atoms with Gasteiger partial charge in [-0.15, -0.1) is 0 Å². The van der Waals surface area contributed by atoms with Crippen molar-refractivity contribution in [3.05, 3.63) is 89.9 Å². The van der Waals surface area contributed by atoms with Crippen molar-refractivity contribution in [2.45, 2.75) is 43.2 Å². The molecule has 56 heavy (non-hydrogen) atoms. The van der Waals surface area contributed by atoms with E-state index in [0.29, 0.717) is 39.0 Å². The second kappa shape index (κ2) is 14.6. The fourth-order valence-electron chi connectivity index (χ4n) is 8.78. The van der Waals surface area contributed by atoms with Gasteiger partial charge in [-0.25, -0.2) is 4.98 Å². The summed E-state index contributed by atoms with van der Waals surface area (Å²) in [5.74, 6) is -9.44. The Labute approximate surface area is 343 Å². The van der Waals surface area contributed by atoms with Crippen LogP contribution in [0.4, 0.5) is 19.0 Å². The molecule has 19 heteroatoms. The third-order valence-corrected chi connectivity index (χ3v) is 13.8. The quantitative estimate of drug-likeness (QED) is 0.145. The molecule has 3 heterocycles. The minimum Gasteiger partial charge on any atom is -0.503 e. The Bertz CT molecular complexity index is 2240. The van der Waals surface area contributed by atoms with Crippen molar-refractivity contribution in [3.63, 3.8) is 0 Å². The zero-order valence-electron chi connectivity index (χ0n) is 28.9. The van der Waals surface area contributed by atoms with E-state index < -0.39 is 87.2 Å². The largest absolute Gasteiger partial charge is 0.503 e. The number of carbonyl (C=O) groups excluding carboxylic acids is 4. The Balaban J connectivity index is 1.44. The number of aliphatic carboxylic acids is 1. The molecule has 1 aromatic heterocycles. The first kappa shape index (κ1) is 40.0. The summed E-state index contributed by atoms with van der Waals surface area (Å²) in [5, 5.41) is 20.6. The minimum atomic E-state index is -4.78. The van der Waals surface area contributed by atoms with Gasteiger partial charge in [0.05, 0.1) is 45.3 Å². The normalized spacial score (nSPS) is 25.9. The van der Waals surface area contributed by atoms with E-state index >= 15 is 4.79 Å². The number of carboxylic acids is 1. The van der Waals surface area contributed by atoms with Crippen molar-refractivity contribution in [2.24, 2.45) is 23.7 Å². The van der Waals surface area contributed by atoms with E-state index in [1.54, 1.807) is 18.2 Å². The summed E-state index contributed by atoms with van der Waals surface area (Å²) in [5.41, 5.74) is 0.789. The molecule has 0 spiro atoms. The number of imide groups is 2. The van der Waals surface area contributed by atoms with Crippen molar-refractivity contribution in [1.29, 1.82) is 0 Å². The molecule has 1 saturated carbocycles. The number of hydrazine groups is 1. The molecule has 2 aliphatic heterocycles. The van der Waals surface area contributed by atoms with Gasteiger partial charge in [-0.05, 0) is 92.4 Å². The van der Waals surface area contributed by atoms with Gasteiger partial charge in [0.25, 0.3) is 11.8 Å². The molecule has 3 fully saturated rings. The summed E-state index contributed by atoms with van der Waals surface area (Å²) < 4.78 is 46.4. The van der Waals surface area contributed by atoms with E-state index in [2.05, 4.69) is 42.3 Å². The number of likely N-dealkylation sites (tertiary alicyclic amines) is 1. The molecule has 4 aliphatic rings. The number of nitrogens with one attached hydrogen (secondary N) is 1. The average molecular weight is 945 g/mol. The number of phenols is 1.